The Labute approximate surface area is 138 Å². The zero-order valence-electron chi connectivity index (χ0n) is 12.9. The highest BCUT2D eigenvalue weighted by molar-refractivity contribution is 8.14. The summed E-state index contributed by atoms with van der Waals surface area (Å²) in [5.74, 6) is 0.934. The molecule has 122 valence electrons. The van der Waals surface area contributed by atoms with Crippen LogP contribution in [0.25, 0.3) is 0 Å². The van der Waals surface area contributed by atoms with Gasteiger partial charge in [-0.3, -0.25) is 19.3 Å². The lowest BCUT2D eigenvalue weighted by molar-refractivity contribution is -0.142. The van der Waals surface area contributed by atoms with Crippen molar-refractivity contribution in [2.24, 2.45) is 0 Å². The van der Waals surface area contributed by atoms with Crippen LogP contribution in [-0.2, 0) is 16.0 Å². The standard InChI is InChI=1S/C16H18N2O4S/c1-22-13-5-2-11(3-6-13)4-7-14(19)17-8-12(9-17)18-15(20)10-23-16(18)21/h2-3,5-6,12H,4,7-10H2,1H3. The molecule has 0 aliphatic carbocycles. The molecule has 3 rings (SSSR count). The first kappa shape index (κ1) is 15.9. The molecule has 2 saturated heterocycles. The van der Waals surface area contributed by atoms with Crippen LogP contribution in [0.2, 0.25) is 0 Å². The van der Waals surface area contributed by atoms with Gasteiger partial charge in [0, 0.05) is 19.5 Å². The monoisotopic (exact) mass is 334 g/mol. The van der Waals surface area contributed by atoms with Gasteiger partial charge >= 0.3 is 0 Å². The largest absolute Gasteiger partial charge is 0.497 e. The number of methoxy groups -OCH3 is 1. The number of ether oxygens (including phenoxy) is 1. The number of carbonyl (C=O) groups excluding carboxylic acids is 3. The number of benzene rings is 1. The third-order valence-electron chi connectivity index (χ3n) is 4.15. The number of hydrogen-bond donors (Lipinski definition) is 0. The van der Waals surface area contributed by atoms with E-state index in [2.05, 4.69) is 0 Å². The lowest BCUT2D eigenvalue weighted by Gasteiger charge is -2.42. The minimum atomic E-state index is -0.190. The topological polar surface area (TPSA) is 66.9 Å². The minimum Gasteiger partial charge on any atom is -0.497 e. The van der Waals surface area contributed by atoms with E-state index >= 15 is 0 Å². The molecule has 0 atom stereocenters. The highest BCUT2D eigenvalue weighted by Gasteiger charge is 2.43. The van der Waals surface area contributed by atoms with Crippen LogP contribution in [0.15, 0.2) is 24.3 Å². The third kappa shape index (κ3) is 3.34. The number of aryl methyl sites for hydroxylation is 1. The Morgan fingerprint density at radius 2 is 1.96 bits per heavy atom. The maximum atomic E-state index is 12.2. The van der Waals surface area contributed by atoms with Gasteiger partial charge in [0.2, 0.25) is 11.8 Å². The van der Waals surface area contributed by atoms with Gasteiger partial charge in [0.25, 0.3) is 5.24 Å². The van der Waals surface area contributed by atoms with Gasteiger partial charge in [0.1, 0.15) is 5.75 Å². The predicted molar refractivity (Wildman–Crippen MR) is 86.4 cm³/mol. The van der Waals surface area contributed by atoms with Gasteiger partial charge in [-0.1, -0.05) is 23.9 Å². The summed E-state index contributed by atoms with van der Waals surface area (Å²) >= 11 is 1.03. The molecule has 2 fully saturated rings. The highest BCUT2D eigenvalue weighted by Crippen LogP contribution is 2.26. The molecule has 0 N–H and O–H groups in total. The van der Waals surface area contributed by atoms with Gasteiger partial charge < -0.3 is 9.64 Å². The van der Waals surface area contributed by atoms with Gasteiger partial charge in [-0.15, -0.1) is 0 Å². The first-order valence-electron chi connectivity index (χ1n) is 7.48. The van der Waals surface area contributed by atoms with Crippen LogP contribution in [-0.4, -0.2) is 58.8 Å². The van der Waals surface area contributed by atoms with E-state index in [1.165, 1.54) is 4.90 Å². The Hall–Kier alpha value is -2.02. The Bertz CT molecular complexity index is 609. The average Bonchev–Trinajstić information content (AvgIpc) is 2.84. The van der Waals surface area contributed by atoms with Crippen LogP contribution in [0.5, 0.6) is 5.75 Å². The number of amides is 3. The van der Waals surface area contributed by atoms with E-state index in [0.29, 0.717) is 25.9 Å². The third-order valence-corrected chi connectivity index (χ3v) is 4.99. The van der Waals surface area contributed by atoms with Crippen LogP contribution >= 0.6 is 11.8 Å². The summed E-state index contributed by atoms with van der Waals surface area (Å²) in [6.07, 6.45) is 1.09. The molecule has 1 aromatic rings. The molecule has 23 heavy (non-hydrogen) atoms. The van der Waals surface area contributed by atoms with E-state index < -0.39 is 0 Å². The number of thioether (sulfide) groups is 1. The summed E-state index contributed by atoms with van der Waals surface area (Å²) in [6, 6.07) is 7.51. The van der Waals surface area contributed by atoms with Gasteiger partial charge in [-0.2, -0.15) is 0 Å². The molecule has 3 amide bonds. The first-order valence-corrected chi connectivity index (χ1v) is 8.46. The maximum Gasteiger partial charge on any atom is 0.289 e. The van der Waals surface area contributed by atoms with Gasteiger partial charge in [0.15, 0.2) is 0 Å². The van der Waals surface area contributed by atoms with Crippen LogP contribution in [0.1, 0.15) is 12.0 Å². The van der Waals surface area contributed by atoms with Crippen LogP contribution in [0, 0.1) is 0 Å². The van der Waals surface area contributed by atoms with Crippen molar-refractivity contribution in [3.63, 3.8) is 0 Å². The zero-order valence-corrected chi connectivity index (χ0v) is 13.7. The van der Waals surface area contributed by atoms with E-state index in [4.69, 9.17) is 4.74 Å². The van der Waals surface area contributed by atoms with Gasteiger partial charge in [0.05, 0.1) is 18.9 Å². The maximum absolute atomic E-state index is 12.2. The zero-order chi connectivity index (χ0) is 16.4. The Kier molecular flexibility index (Phi) is 4.56. The first-order chi connectivity index (χ1) is 11.1. The number of hydrogen-bond acceptors (Lipinski definition) is 5. The second-order valence-corrected chi connectivity index (χ2v) is 6.55. The van der Waals surface area contributed by atoms with Crippen molar-refractivity contribution in [3.8, 4) is 5.75 Å². The highest BCUT2D eigenvalue weighted by atomic mass is 32.2. The molecule has 0 bridgehead atoms. The van der Waals surface area contributed by atoms with Crippen molar-refractivity contribution in [3.05, 3.63) is 29.8 Å². The Balaban J connectivity index is 1.45. The number of likely N-dealkylation sites (tertiary alicyclic amines) is 1. The van der Waals surface area contributed by atoms with Gasteiger partial charge in [-0.25, -0.2) is 0 Å². The lowest BCUT2D eigenvalue weighted by Crippen LogP contribution is -2.62. The van der Waals surface area contributed by atoms with Crippen molar-refractivity contribution in [1.82, 2.24) is 9.80 Å². The average molecular weight is 334 g/mol. The predicted octanol–water partition coefficient (Wildman–Crippen LogP) is 1.53. The fraction of sp³-hybridized carbons (Fsp3) is 0.438. The fourth-order valence-electron chi connectivity index (χ4n) is 2.74. The smallest absolute Gasteiger partial charge is 0.289 e. The molecule has 0 aromatic heterocycles. The van der Waals surface area contributed by atoms with Crippen molar-refractivity contribution in [2.45, 2.75) is 18.9 Å². The molecule has 0 radical (unpaired) electrons. The molecule has 0 unspecified atom stereocenters. The SMILES string of the molecule is COc1ccc(CCC(=O)N2CC(N3C(=O)CSC3=O)C2)cc1. The minimum absolute atomic E-state index is 0.0591. The van der Waals surface area contributed by atoms with E-state index in [1.54, 1.807) is 12.0 Å². The number of imide groups is 1. The molecule has 2 aliphatic heterocycles. The summed E-state index contributed by atoms with van der Waals surface area (Å²) < 4.78 is 5.10. The van der Waals surface area contributed by atoms with Crippen molar-refractivity contribution >= 4 is 28.8 Å². The number of nitrogens with zero attached hydrogens (tertiary/aromatic N) is 2. The molecule has 7 heteroatoms. The summed E-state index contributed by atoms with van der Waals surface area (Å²) in [5.41, 5.74) is 1.08. The molecule has 1 aromatic carbocycles. The number of carbonyl (C=O) groups is 3. The molecule has 6 nitrogen and oxygen atoms in total. The van der Waals surface area contributed by atoms with Crippen LogP contribution in [0.3, 0.4) is 0 Å². The molecular formula is C16H18N2O4S. The second-order valence-electron chi connectivity index (χ2n) is 5.62. The molecule has 2 heterocycles. The summed E-state index contributed by atoms with van der Waals surface area (Å²) in [4.78, 5) is 38.4. The van der Waals surface area contributed by atoms with Crippen LogP contribution in [0.4, 0.5) is 4.79 Å². The second kappa shape index (κ2) is 6.62. The van der Waals surface area contributed by atoms with E-state index in [0.717, 1.165) is 23.1 Å². The van der Waals surface area contributed by atoms with Crippen molar-refractivity contribution < 1.29 is 19.1 Å². The van der Waals surface area contributed by atoms with E-state index in [-0.39, 0.29) is 28.8 Å². The summed E-state index contributed by atoms with van der Waals surface area (Å²) in [6.45, 7) is 0.916. The Morgan fingerprint density at radius 1 is 1.26 bits per heavy atom. The summed E-state index contributed by atoms with van der Waals surface area (Å²) in [7, 11) is 1.62. The fourth-order valence-corrected chi connectivity index (χ4v) is 3.52. The molecule has 0 saturated carbocycles. The lowest BCUT2D eigenvalue weighted by atomic mass is 10.0. The molecular weight excluding hydrogens is 316 g/mol. The van der Waals surface area contributed by atoms with Crippen molar-refractivity contribution in [2.75, 3.05) is 26.0 Å². The quantitative estimate of drug-likeness (QED) is 0.817. The summed E-state index contributed by atoms with van der Waals surface area (Å²) in [5, 5.41) is -0.190. The normalized spacial score (nSPS) is 18.3. The van der Waals surface area contributed by atoms with E-state index in [9.17, 15) is 14.4 Å². The van der Waals surface area contributed by atoms with Crippen molar-refractivity contribution in [1.29, 1.82) is 0 Å². The Morgan fingerprint density at radius 3 is 2.52 bits per heavy atom. The van der Waals surface area contributed by atoms with Crippen LogP contribution < -0.4 is 4.74 Å². The van der Waals surface area contributed by atoms with Gasteiger partial charge in [-0.05, 0) is 24.1 Å². The van der Waals surface area contributed by atoms with E-state index in [1.807, 2.05) is 24.3 Å². The molecule has 2 aliphatic rings. The number of rotatable bonds is 5. The molecule has 0 spiro atoms.